The zero-order valence-electron chi connectivity index (χ0n) is 11.9. The normalized spacial score (nSPS) is 24.2. The zero-order chi connectivity index (χ0) is 14.9. The first-order chi connectivity index (χ1) is 10.1. The minimum Gasteiger partial charge on any atom is -0.299 e. The van der Waals surface area contributed by atoms with Crippen LogP contribution in [0.3, 0.4) is 0 Å². The molecule has 2 aliphatic heterocycles. The summed E-state index contributed by atoms with van der Waals surface area (Å²) in [4.78, 5) is 2.53. The van der Waals surface area contributed by atoms with Crippen LogP contribution in [0.1, 0.15) is 24.8 Å². The molecule has 112 valence electrons. The van der Waals surface area contributed by atoms with Gasteiger partial charge in [0.1, 0.15) is 6.07 Å². The molecule has 0 aromatic heterocycles. The molecule has 0 amide bonds. The van der Waals surface area contributed by atoms with Crippen LogP contribution in [0.5, 0.6) is 0 Å². The summed E-state index contributed by atoms with van der Waals surface area (Å²) in [6.07, 6.45) is 3.30. The van der Waals surface area contributed by atoms with Crippen LogP contribution < -0.4 is 0 Å². The molecule has 1 aromatic carbocycles. The van der Waals surface area contributed by atoms with Gasteiger partial charge in [-0.25, -0.2) is 8.42 Å². The number of benzene rings is 1. The molecule has 2 heterocycles. The third kappa shape index (κ3) is 2.69. The molecule has 5 nitrogen and oxygen atoms in total. The van der Waals surface area contributed by atoms with Crippen molar-refractivity contribution in [1.82, 2.24) is 9.21 Å². The van der Waals surface area contributed by atoms with Crippen LogP contribution in [0.25, 0.3) is 0 Å². The van der Waals surface area contributed by atoms with Crippen LogP contribution in [0.15, 0.2) is 29.2 Å². The highest BCUT2D eigenvalue weighted by molar-refractivity contribution is 7.89. The Morgan fingerprint density at radius 1 is 1.14 bits per heavy atom. The summed E-state index contributed by atoms with van der Waals surface area (Å²) < 4.78 is 27.0. The van der Waals surface area contributed by atoms with E-state index in [2.05, 4.69) is 4.90 Å². The molecule has 0 N–H and O–H groups in total. The molecular formula is C15H19N3O2S. The Morgan fingerprint density at radius 2 is 1.86 bits per heavy atom. The minimum atomic E-state index is -3.56. The summed E-state index contributed by atoms with van der Waals surface area (Å²) in [6, 6.07) is 8.74. The van der Waals surface area contributed by atoms with E-state index in [-0.39, 0.29) is 10.5 Å². The second kappa shape index (κ2) is 5.76. The maximum atomic E-state index is 12.7. The fourth-order valence-electron chi connectivity index (χ4n) is 3.26. The SMILES string of the molecule is N#Cc1ccccc1S(=O)(=O)N1CCC(N2CCCC2)C1. The van der Waals surface area contributed by atoms with E-state index in [0.717, 1.165) is 19.5 Å². The summed E-state index contributed by atoms with van der Waals surface area (Å²) in [6.45, 7) is 3.24. The van der Waals surface area contributed by atoms with E-state index in [9.17, 15) is 8.42 Å². The molecule has 21 heavy (non-hydrogen) atoms. The summed E-state index contributed by atoms with van der Waals surface area (Å²) in [5, 5.41) is 9.11. The molecule has 2 aliphatic rings. The van der Waals surface area contributed by atoms with E-state index in [1.807, 2.05) is 6.07 Å². The summed E-state index contributed by atoms with van der Waals surface area (Å²) in [7, 11) is -3.56. The summed E-state index contributed by atoms with van der Waals surface area (Å²) in [5.74, 6) is 0. The van der Waals surface area contributed by atoms with Crippen molar-refractivity contribution in [2.45, 2.75) is 30.2 Å². The van der Waals surface area contributed by atoms with E-state index in [4.69, 9.17) is 5.26 Å². The van der Waals surface area contributed by atoms with Gasteiger partial charge < -0.3 is 0 Å². The zero-order valence-corrected chi connectivity index (χ0v) is 12.7. The lowest BCUT2D eigenvalue weighted by Gasteiger charge is -2.23. The molecule has 6 heteroatoms. The molecule has 0 aliphatic carbocycles. The topological polar surface area (TPSA) is 64.4 Å². The van der Waals surface area contributed by atoms with Crippen molar-refractivity contribution in [1.29, 1.82) is 5.26 Å². The third-order valence-electron chi connectivity index (χ3n) is 4.41. The monoisotopic (exact) mass is 305 g/mol. The minimum absolute atomic E-state index is 0.134. The predicted molar refractivity (Wildman–Crippen MR) is 79.1 cm³/mol. The molecule has 2 fully saturated rings. The van der Waals surface area contributed by atoms with Crippen LogP contribution in [0.2, 0.25) is 0 Å². The van der Waals surface area contributed by atoms with Crippen molar-refractivity contribution >= 4 is 10.0 Å². The Balaban J connectivity index is 1.81. The van der Waals surface area contributed by atoms with Crippen LogP contribution in [0, 0.1) is 11.3 Å². The fourth-order valence-corrected chi connectivity index (χ4v) is 4.89. The molecule has 0 bridgehead atoms. The Bertz CT molecular complexity index is 660. The molecule has 0 saturated carbocycles. The Labute approximate surface area is 125 Å². The average molecular weight is 305 g/mol. The first kappa shape index (κ1) is 14.5. The Kier molecular flexibility index (Phi) is 3.98. The maximum absolute atomic E-state index is 12.7. The highest BCUT2D eigenvalue weighted by Gasteiger charge is 2.36. The van der Waals surface area contributed by atoms with Gasteiger partial charge in [-0.3, -0.25) is 4.90 Å². The molecule has 1 atom stereocenters. The Hall–Kier alpha value is -1.42. The van der Waals surface area contributed by atoms with Crippen LogP contribution in [-0.4, -0.2) is 49.8 Å². The first-order valence-corrected chi connectivity index (χ1v) is 8.80. The van der Waals surface area contributed by atoms with Gasteiger partial charge in [-0.2, -0.15) is 9.57 Å². The van der Waals surface area contributed by atoms with Crippen molar-refractivity contribution in [3.8, 4) is 6.07 Å². The largest absolute Gasteiger partial charge is 0.299 e. The number of nitriles is 1. The van der Waals surface area contributed by atoms with Crippen molar-refractivity contribution in [2.75, 3.05) is 26.2 Å². The molecule has 0 radical (unpaired) electrons. The van der Waals surface area contributed by atoms with Gasteiger partial charge in [0.25, 0.3) is 0 Å². The van der Waals surface area contributed by atoms with Gasteiger partial charge in [0.2, 0.25) is 10.0 Å². The molecule has 2 saturated heterocycles. The Morgan fingerprint density at radius 3 is 2.57 bits per heavy atom. The fraction of sp³-hybridized carbons (Fsp3) is 0.533. The van der Waals surface area contributed by atoms with Crippen LogP contribution in [-0.2, 0) is 10.0 Å². The van der Waals surface area contributed by atoms with Gasteiger partial charge in [0.15, 0.2) is 0 Å². The molecule has 1 aromatic rings. The lowest BCUT2D eigenvalue weighted by Crippen LogP contribution is -2.37. The van der Waals surface area contributed by atoms with Crippen molar-refractivity contribution in [2.24, 2.45) is 0 Å². The number of hydrogen-bond donors (Lipinski definition) is 0. The van der Waals surface area contributed by atoms with E-state index >= 15 is 0 Å². The van der Waals surface area contributed by atoms with Crippen molar-refractivity contribution in [3.05, 3.63) is 29.8 Å². The lowest BCUT2D eigenvalue weighted by atomic mass is 10.2. The van der Waals surface area contributed by atoms with Crippen LogP contribution >= 0.6 is 0 Å². The van der Waals surface area contributed by atoms with E-state index in [0.29, 0.717) is 19.1 Å². The van der Waals surface area contributed by atoms with Crippen LogP contribution in [0.4, 0.5) is 0 Å². The summed E-state index contributed by atoms with van der Waals surface area (Å²) >= 11 is 0. The van der Waals surface area contributed by atoms with Gasteiger partial charge >= 0.3 is 0 Å². The molecule has 3 rings (SSSR count). The van der Waals surface area contributed by atoms with E-state index in [1.165, 1.54) is 23.2 Å². The first-order valence-electron chi connectivity index (χ1n) is 7.36. The van der Waals surface area contributed by atoms with Gasteiger partial charge in [-0.1, -0.05) is 12.1 Å². The van der Waals surface area contributed by atoms with Gasteiger partial charge in [0.05, 0.1) is 10.5 Å². The molecule has 0 spiro atoms. The second-order valence-electron chi connectivity index (χ2n) is 5.66. The molecule has 1 unspecified atom stereocenters. The van der Waals surface area contributed by atoms with E-state index < -0.39 is 10.0 Å². The maximum Gasteiger partial charge on any atom is 0.244 e. The second-order valence-corrected chi connectivity index (χ2v) is 7.56. The highest BCUT2D eigenvalue weighted by Crippen LogP contribution is 2.27. The van der Waals surface area contributed by atoms with E-state index in [1.54, 1.807) is 18.2 Å². The standard InChI is InChI=1S/C15H19N3O2S/c16-11-13-5-1-2-6-15(13)21(19,20)18-10-7-14(12-18)17-8-3-4-9-17/h1-2,5-6,14H,3-4,7-10,12H2. The summed E-state index contributed by atoms with van der Waals surface area (Å²) in [5.41, 5.74) is 0.224. The van der Waals surface area contributed by atoms with Gasteiger partial charge in [0, 0.05) is 19.1 Å². The van der Waals surface area contributed by atoms with Crippen molar-refractivity contribution in [3.63, 3.8) is 0 Å². The number of sulfonamides is 1. The number of hydrogen-bond acceptors (Lipinski definition) is 4. The average Bonchev–Trinajstić information content (AvgIpc) is 3.17. The third-order valence-corrected chi connectivity index (χ3v) is 6.33. The number of likely N-dealkylation sites (tertiary alicyclic amines) is 1. The highest BCUT2D eigenvalue weighted by atomic mass is 32.2. The smallest absolute Gasteiger partial charge is 0.244 e. The van der Waals surface area contributed by atoms with Crippen molar-refractivity contribution < 1.29 is 8.42 Å². The van der Waals surface area contributed by atoms with Gasteiger partial charge in [-0.15, -0.1) is 0 Å². The number of nitrogens with zero attached hydrogens (tertiary/aromatic N) is 3. The molecular weight excluding hydrogens is 286 g/mol. The van der Waals surface area contributed by atoms with Gasteiger partial charge in [-0.05, 0) is 44.5 Å². The number of rotatable bonds is 3. The quantitative estimate of drug-likeness (QED) is 0.847. The predicted octanol–water partition coefficient (Wildman–Crippen LogP) is 1.42. The lowest BCUT2D eigenvalue weighted by molar-refractivity contribution is 0.251.